The molecule has 0 amide bonds. The van der Waals surface area contributed by atoms with Crippen molar-refractivity contribution >= 4 is 11.9 Å². The van der Waals surface area contributed by atoms with Crippen LogP contribution >= 0.6 is 0 Å². The van der Waals surface area contributed by atoms with Gasteiger partial charge in [0, 0.05) is 12.4 Å². The van der Waals surface area contributed by atoms with Crippen molar-refractivity contribution in [1.29, 1.82) is 0 Å². The molecule has 2 heterocycles. The summed E-state index contributed by atoms with van der Waals surface area (Å²) in [4.78, 5) is 12.2. The molecule has 0 saturated heterocycles. The van der Waals surface area contributed by atoms with Crippen LogP contribution in [0.5, 0.6) is 0 Å². The van der Waals surface area contributed by atoms with E-state index in [9.17, 15) is 0 Å². The van der Waals surface area contributed by atoms with Crippen LogP contribution in [-0.2, 0) is 0 Å². The van der Waals surface area contributed by atoms with Crippen molar-refractivity contribution in [3.63, 3.8) is 0 Å². The van der Waals surface area contributed by atoms with Crippen molar-refractivity contribution in [2.75, 3.05) is 0 Å². The predicted molar refractivity (Wildman–Crippen MR) is 47.7 cm³/mol. The molecule has 2 rings (SSSR count). The van der Waals surface area contributed by atoms with Gasteiger partial charge in [-0.1, -0.05) is 6.08 Å². The Morgan fingerprint density at radius 2 is 2.25 bits per heavy atom. The smallest absolute Gasteiger partial charge is 0.116 e. The minimum atomic E-state index is 0.904. The largest absolute Gasteiger partial charge is 0.259 e. The van der Waals surface area contributed by atoms with Crippen LogP contribution in [0.25, 0.3) is 5.70 Å². The van der Waals surface area contributed by atoms with Gasteiger partial charge in [-0.15, -0.1) is 0 Å². The molecule has 0 N–H and O–H groups in total. The first-order valence-electron chi connectivity index (χ1n) is 3.96. The van der Waals surface area contributed by atoms with Gasteiger partial charge in [-0.25, -0.2) is 9.97 Å². The maximum atomic E-state index is 4.25. The van der Waals surface area contributed by atoms with Crippen molar-refractivity contribution in [1.82, 2.24) is 9.97 Å². The number of aliphatic imine (C=N–C) groups is 1. The number of hydrogen-bond donors (Lipinski definition) is 0. The fourth-order valence-electron chi connectivity index (χ4n) is 1.12. The van der Waals surface area contributed by atoms with Crippen LogP contribution in [0, 0.1) is 0 Å². The Balaban J connectivity index is 2.31. The van der Waals surface area contributed by atoms with E-state index in [0.717, 1.165) is 24.2 Å². The topological polar surface area (TPSA) is 38.1 Å². The minimum Gasteiger partial charge on any atom is -0.259 e. The van der Waals surface area contributed by atoms with Crippen molar-refractivity contribution in [3.8, 4) is 0 Å². The summed E-state index contributed by atoms with van der Waals surface area (Å²) in [6.45, 7) is 0. The molecule has 0 aliphatic carbocycles. The summed E-state index contributed by atoms with van der Waals surface area (Å²) in [7, 11) is 0. The fourth-order valence-corrected chi connectivity index (χ4v) is 1.12. The molecule has 1 aromatic rings. The average molecular weight is 159 g/mol. The van der Waals surface area contributed by atoms with Gasteiger partial charge in [0.1, 0.15) is 6.33 Å². The van der Waals surface area contributed by atoms with Gasteiger partial charge in [0.15, 0.2) is 0 Å². The van der Waals surface area contributed by atoms with Crippen molar-refractivity contribution in [2.24, 2.45) is 4.99 Å². The van der Waals surface area contributed by atoms with Gasteiger partial charge in [0.2, 0.25) is 0 Å². The Bertz CT molecular complexity index is 314. The second-order valence-corrected chi connectivity index (χ2v) is 2.57. The maximum absolute atomic E-state index is 4.25. The summed E-state index contributed by atoms with van der Waals surface area (Å²) in [6.07, 6.45) is 9.39. The first-order chi connectivity index (χ1) is 5.97. The zero-order valence-electron chi connectivity index (χ0n) is 6.64. The molecule has 0 unspecified atom stereocenters. The van der Waals surface area contributed by atoms with E-state index < -0.39 is 0 Å². The summed E-state index contributed by atoms with van der Waals surface area (Å²) >= 11 is 0. The molecular formula is C9H9N3. The summed E-state index contributed by atoms with van der Waals surface area (Å²) in [5.74, 6) is 0. The van der Waals surface area contributed by atoms with Crippen LogP contribution in [0.3, 0.4) is 0 Å². The van der Waals surface area contributed by atoms with Crippen LogP contribution < -0.4 is 0 Å². The highest BCUT2D eigenvalue weighted by atomic mass is 14.9. The van der Waals surface area contributed by atoms with Gasteiger partial charge in [-0.05, 0) is 18.9 Å². The number of nitrogens with zero attached hydrogens (tertiary/aromatic N) is 3. The van der Waals surface area contributed by atoms with Crippen molar-refractivity contribution in [2.45, 2.75) is 12.8 Å². The highest BCUT2D eigenvalue weighted by molar-refractivity contribution is 5.74. The van der Waals surface area contributed by atoms with Crippen molar-refractivity contribution < 1.29 is 0 Å². The highest BCUT2D eigenvalue weighted by Crippen LogP contribution is 2.16. The molecule has 1 aromatic heterocycles. The zero-order chi connectivity index (χ0) is 8.23. The third-order valence-electron chi connectivity index (χ3n) is 1.71. The summed E-state index contributed by atoms with van der Waals surface area (Å²) in [5, 5.41) is 0. The molecule has 1 aliphatic heterocycles. The lowest BCUT2D eigenvalue weighted by molar-refractivity contribution is 1.07. The molecule has 12 heavy (non-hydrogen) atoms. The number of hydrogen-bond acceptors (Lipinski definition) is 3. The van der Waals surface area contributed by atoms with Crippen LogP contribution in [0.15, 0.2) is 29.7 Å². The van der Waals surface area contributed by atoms with Crippen LogP contribution in [0.4, 0.5) is 0 Å². The third kappa shape index (κ3) is 1.39. The highest BCUT2D eigenvalue weighted by Gasteiger charge is 2.01. The molecule has 0 aromatic carbocycles. The lowest BCUT2D eigenvalue weighted by Gasteiger charge is -2.03. The lowest BCUT2D eigenvalue weighted by atomic mass is 10.2. The summed E-state index contributed by atoms with van der Waals surface area (Å²) in [5.41, 5.74) is 1.87. The monoisotopic (exact) mass is 159 g/mol. The Kier molecular flexibility index (Phi) is 1.94. The van der Waals surface area contributed by atoms with E-state index in [1.54, 1.807) is 12.5 Å². The standard InChI is InChI=1S/C9H9N3/c1-2-5-11-8(3-1)9-4-6-10-7-12-9/h3-7H,1-2H2. The van der Waals surface area contributed by atoms with Gasteiger partial charge < -0.3 is 0 Å². The molecule has 0 bridgehead atoms. The van der Waals surface area contributed by atoms with Crippen molar-refractivity contribution in [3.05, 3.63) is 30.4 Å². The molecule has 0 saturated carbocycles. The quantitative estimate of drug-likeness (QED) is 0.625. The minimum absolute atomic E-state index is 0.904. The van der Waals surface area contributed by atoms with Crippen LogP contribution in [-0.4, -0.2) is 16.2 Å². The van der Waals surface area contributed by atoms with E-state index in [4.69, 9.17) is 0 Å². The zero-order valence-corrected chi connectivity index (χ0v) is 6.64. The molecule has 3 heteroatoms. The molecule has 0 fully saturated rings. The first kappa shape index (κ1) is 7.16. The summed E-state index contributed by atoms with van der Waals surface area (Å²) < 4.78 is 0. The Labute approximate surface area is 70.9 Å². The van der Waals surface area contributed by atoms with Crippen LogP contribution in [0.2, 0.25) is 0 Å². The maximum Gasteiger partial charge on any atom is 0.116 e. The van der Waals surface area contributed by atoms with E-state index in [1.165, 1.54) is 0 Å². The van der Waals surface area contributed by atoms with Gasteiger partial charge in [-0.2, -0.15) is 0 Å². The summed E-state index contributed by atoms with van der Waals surface area (Å²) in [6, 6.07) is 1.87. The van der Waals surface area contributed by atoms with E-state index in [-0.39, 0.29) is 0 Å². The molecule has 60 valence electrons. The molecule has 3 nitrogen and oxygen atoms in total. The number of rotatable bonds is 1. The average Bonchev–Trinajstić information content (AvgIpc) is 2.21. The van der Waals surface area contributed by atoms with Gasteiger partial charge >= 0.3 is 0 Å². The third-order valence-corrected chi connectivity index (χ3v) is 1.71. The van der Waals surface area contributed by atoms with E-state index >= 15 is 0 Å². The molecule has 1 aliphatic rings. The molecular weight excluding hydrogens is 150 g/mol. The Hall–Kier alpha value is -1.51. The van der Waals surface area contributed by atoms with E-state index in [2.05, 4.69) is 21.0 Å². The van der Waals surface area contributed by atoms with Gasteiger partial charge in [0.25, 0.3) is 0 Å². The van der Waals surface area contributed by atoms with Crippen LogP contribution in [0.1, 0.15) is 18.5 Å². The predicted octanol–water partition coefficient (Wildman–Crippen LogP) is 1.68. The fraction of sp³-hybridized carbons (Fsp3) is 0.222. The number of aromatic nitrogens is 2. The van der Waals surface area contributed by atoms with Gasteiger partial charge in [0.05, 0.1) is 11.4 Å². The normalized spacial score (nSPS) is 15.8. The molecule has 0 atom stereocenters. The second-order valence-electron chi connectivity index (χ2n) is 2.57. The Morgan fingerprint density at radius 3 is 2.92 bits per heavy atom. The van der Waals surface area contributed by atoms with E-state index in [0.29, 0.717) is 0 Å². The van der Waals surface area contributed by atoms with E-state index in [1.807, 2.05) is 12.3 Å². The SMILES string of the molecule is C1=NC(c2ccncn2)=CCC1. The molecule has 0 spiro atoms. The lowest BCUT2D eigenvalue weighted by Crippen LogP contribution is -1.91. The first-order valence-corrected chi connectivity index (χ1v) is 3.96. The second kappa shape index (κ2) is 3.26. The number of allylic oxidation sites excluding steroid dienone is 1. The van der Waals surface area contributed by atoms with Gasteiger partial charge in [-0.3, -0.25) is 4.99 Å². The molecule has 0 radical (unpaired) electrons. The Morgan fingerprint density at radius 1 is 1.25 bits per heavy atom.